The van der Waals surface area contributed by atoms with E-state index in [2.05, 4.69) is 4.98 Å². The molecule has 1 heterocycles. The van der Waals surface area contributed by atoms with Gasteiger partial charge in [-0.05, 0) is 25.0 Å². The summed E-state index contributed by atoms with van der Waals surface area (Å²) in [5.41, 5.74) is 6.31. The summed E-state index contributed by atoms with van der Waals surface area (Å²) in [4.78, 5) is 18.2. The van der Waals surface area contributed by atoms with E-state index >= 15 is 0 Å². The number of likely N-dealkylation sites (N-methyl/N-ethyl adjacent to an activating group) is 1. The third-order valence-electron chi connectivity index (χ3n) is 3.27. The normalized spacial score (nSPS) is 15.1. The molecule has 3 rings (SSSR count). The quantitative estimate of drug-likeness (QED) is 0.939. The summed E-state index contributed by atoms with van der Waals surface area (Å²) in [6.07, 6.45) is 1.60. The molecular weight excluding hydrogens is 317 g/mol. The third-order valence-corrected chi connectivity index (χ3v) is 4.29. The minimum absolute atomic E-state index is 0. The number of thiazole rings is 1. The van der Waals surface area contributed by atoms with Crippen molar-refractivity contribution in [3.05, 3.63) is 29.3 Å². The molecule has 1 saturated carbocycles. The lowest BCUT2D eigenvalue weighted by molar-refractivity contribution is -0.132. The monoisotopic (exact) mass is 333 g/mol. The SMILES string of the molecule is CN(Cc1nc2ccccc2s1)C(=O)C1(N)CC1.Cl.Cl. The number of aromatic nitrogens is 1. The van der Waals surface area contributed by atoms with Crippen LogP contribution in [-0.2, 0) is 11.3 Å². The van der Waals surface area contributed by atoms with E-state index in [1.807, 2.05) is 24.3 Å². The maximum absolute atomic E-state index is 12.0. The van der Waals surface area contributed by atoms with Crippen LogP contribution in [0.3, 0.4) is 0 Å². The lowest BCUT2D eigenvalue weighted by atomic mass is 10.2. The van der Waals surface area contributed by atoms with Crippen LogP contribution >= 0.6 is 36.2 Å². The average Bonchev–Trinajstić information content (AvgIpc) is 2.97. The molecule has 20 heavy (non-hydrogen) atoms. The Bertz CT molecular complexity index is 579. The second-order valence-corrected chi connectivity index (χ2v) is 6.01. The summed E-state index contributed by atoms with van der Waals surface area (Å²) < 4.78 is 1.15. The molecule has 1 aromatic heterocycles. The Kier molecular flexibility index (Phi) is 5.38. The lowest BCUT2D eigenvalue weighted by Gasteiger charge is -2.19. The molecule has 7 heteroatoms. The molecule has 1 aromatic carbocycles. The van der Waals surface area contributed by atoms with Crippen LogP contribution in [0.15, 0.2) is 24.3 Å². The largest absolute Gasteiger partial charge is 0.337 e. The number of amides is 1. The maximum atomic E-state index is 12.0. The van der Waals surface area contributed by atoms with Crippen molar-refractivity contribution in [2.45, 2.75) is 24.9 Å². The van der Waals surface area contributed by atoms with Gasteiger partial charge in [0, 0.05) is 7.05 Å². The van der Waals surface area contributed by atoms with E-state index in [0.29, 0.717) is 6.54 Å². The fourth-order valence-corrected chi connectivity index (χ4v) is 3.01. The van der Waals surface area contributed by atoms with E-state index in [0.717, 1.165) is 28.1 Å². The highest BCUT2D eigenvalue weighted by molar-refractivity contribution is 7.18. The highest BCUT2D eigenvalue weighted by atomic mass is 35.5. The van der Waals surface area contributed by atoms with Crippen molar-refractivity contribution in [1.82, 2.24) is 9.88 Å². The van der Waals surface area contributed by atoms with Gasteiger partial charge in [-0.1, -0.05) is 12.1 Å². The van der Waals surface area contributed by atoms with Gasteiger partial charge in [-0.3, -0.25) is 4.79 Å². The first-order valence-corrected chi connectivity index (χ1v) is 6.79. The summed E-state index contributed by atoms with van der Waals surface area (Å²) in [5.74, 6) is 0.0294. The topological polar surface area (TPSA) is 59.2 Å². The molecule has 0 unspecified atom stereocenters. The number of hydrogen-bond donors (Lipinski definition) is 1. The van der Waals surface area contributed by atoms with E-state index in [9.17, 15) is 4.79 Å². The van der Waals surface area contributed by atoms with Crippen molar-refractivity contribution < 1.29 is 4.79 Å². The molecule has 0 aliphatic heterocycles. The molecule has 0 saturated heterocycles. The molecule has 1 aliphatic rings. The number of nitrogens with two attached hydrogens (primary N) is 1. The number of rotatable bonds is 3. The number of halogens is 2. The third kappa shape index (κ3) is 3.23. The predicted molar refractivity (Wildman–Crippen MR) is 86.7 cm³/mol. The van der Waals surface area contributed by atoms with Gasteiger partial charge in [0.15, 0.2) is 0 Å². The minimum atomic E-state index is -0.592. The van der Waals surface area contributed by atoms with Crippen molar-refractivity contribution in [2.75, 3.05) is 7.05 Å². The summed E-state index contributed by atoms with van der Waals surface area (Å²) in [7, 11) is 1.79. The molecule has 0 bridgehead atoms. The van der Waals surface area contributed by atoms with Gasteiger partial charge >= 0.3 is 0 Å². The average molecular weight is 334 g/mol. The van der Waals surface area contributed by atoms with Crippen LogP contribution < -0.4 is 5.73 Å². The number of carbonyl (C=O) groups excluding carboxylic acids is 1. The van der Waals surface area contributed by atoms with Crippen molar-refractivity contribution in [3.8, 4) is 0 Å². The molecule has 0 atom stereocenters. The zero-order valence-electron chi connectivity index (χ0n) is 11.0. The first-order chi connectivity index (χ1) is 8.58. The summed E-state index contributed by atoms with van der Waals surface area (Å²) in [6.45, 7) is 0.539. The Morgan fingerprint density at radius 3 is 2.65 bits per heavy atom. The molecule has 1 amide bonds. The number of hydrogen-bond acceptors (Lipinski definition) is 4. The first-order valence-electron chi connectivity index (χ1n) is 5.97. The van der Waals surface area contributed by atoms with Crippen molar-refractivity contribution in [3.63, 3.8) is 0 Å². The Balaban J connectivity index is 0.000001000. The van der Waals surface area contributed by atoms with Crippen LogP contribution in [0.5, 0.6) is 0 Å². The second kappa shape index (κ2) is 6.26. The summed E-state index contributed by atoms with van der Waals surface area (Å²) >= 11 is 1.63. The van der Waals surface area contributed by atoms with Crippen molar-refractivity contribution in [1.29, 1.82) is 0 Å². The summed E-state index contributed by atoms with van der Waals surface area (Å²) in [5, 5.41) is 0.955. The van der Waals surface area contributed by atoms with E-state index < -0.39 is 5.54 Å². The van der Waals surface area contributed by atoms with Gasteiger partial charge in [0.2, 0.25) is 5.91 Å². The van der Waals surface area contributed by atoms with Gasteiger partial charge < -0.3 is 10.6 Å². The lowest BCUT2D eigenvalue weighted by Crippen LogP contribution is -2.43. The number of carbonyl (C=O) groups is 1. The van der Waals surface area contributed by atoms with Crippen LogP contribution in [0, 0.1) is 0 Å². The van der Waals surface area contributed by atoms with E-state index in [1.54, 1.807) is 23.3 Å². The number of para-hydroxylation sites is 1. The van der Waals surface area contributed by atoms with Crippen LogP contribution in [0.25, 0.3) is 10.2 Å². The first kappa shape index (κ1) is 17.2. The Labute approximate surface area is 134 Å². The zero-order valence-corrected chi connectivity index (χ0v) is 13.5. The molecule has 1 fully saturated rings. The predicted octanol–water partition coefficient (Wildman–Crippen LogP) is 2.59. The van der Waals surface area contributed by atoms with Crippen LogP contribution in [0.4, 0.5) is 0 Å². The maximum Gasteiger partial charge on any atom is 0.242 e. The fraction of sp³-hybridized carbons (Fsp3) is 0.385. The number of fused-ring (bicyclic) bond motifs is 1. The molecule has 4 nitrogen and oxygen atoms in total. The molecule has 2 aromatic rings. The number of nitrogens with zero attached hydrogens (tertiary/aromatic N) is 2. The van der Waals surface area contributed by atoms with E-state index in [4.69, 9.17) is 5.73 Å². The van der Waals surface area contributed by atoms with Gasteiger partial charge in [-0.25, -0.2) is 4.98 Å². The van der Waals surface area contributed by atoms with Crippen LogP contribution in [-0.4, -0.2) is 28.4 Å². The van der Waals surface area contributed by atoms with Crippen LogP contribution in [0.1, 0.15) is 17.8 Å². The summed E-state index contributed by atoms with van der Waals surface area (Å²) in [6, 6.07) is 8.00. The smallest absolute Gasteiger partial charge is 0.242 e. The number of benzene rings is 1. The molecule has 0 spiro atoms. The van der Waals surface area contributed by atoms with Gasteiger partial charge in [-0.2, -0.15) is 0 Å². The molecule has 0 radical (unpaired) electrons. The molecule has 1 aliphatic carbocycles. The van der Waals surface area contributed by atoms with E-state index in [-0.39, 0.29) is 30.7 Å². The standard InChI is InChI=1S/C13H15N3OS.2ClH/c1-16(12(17)13(14)6-7-13)8-11-15-9-4-2-3-5-10(9)18-11;;/h2-5H,6-8,14H2,1H3;2*1H. The van der Waals surface area contributed by atoms with Gasteiger partial charge in [0.05, 0.1) is 22.3 Å². The van der Waals surface area contributed by atoms with Crippen LogP contribution in [0.2, 0.25) is 0 Å². The Morgan fingerprint density at radius 2 is 2.05 bits per heavy atom. The van der Waals surface area contributed by atoms with Crippen molar-refractivity contribution >= 4 is 52.3 Å². The fourth-order valence-electron chi connectivity index (χ4n) is 1.99. The minimum Gasteiger partial charge on any atom is -0.337 e. The van der Waals surface area contributed by atoms with E-state index in [1.165, 1.54) is 0 Å². The van der Waals surface area contributed by atoms with Gasteiger partial charge in [-0.15, -0.1) is 36.2 Å². The zero-order chi connectivity index (χ0) is 12.8. The van der Waals surface area contributed by atoms with Gasteiger partial charge in [0.1, 0.15) is 5.01 Å². The second-order valence-electron chi connectivity index (χ2n) is 4.89. The molecule has 110 valence electrons. The Morgan fingerprint density at radius 1 is 1.40 bits per heavy atom. The van der Waals surface area contributed by atoms with Gasteiger partial charge in [0.25, 0.3) is 0 Å². The Hall–Kier alpha value is -0.880. The highest BCUT2D eigenvalue weighted by Gasteiger charge is 2.47. The van der Waals surface area contributed by atoms with Crippen molar-refractivity contribution in [2.24, 2.45) is 5.73 Å². The molecule has 2 N–H and O–H groups in total. The molecular formula is C13H17Cl2N3OS. The highest BCUT2D eigenvalue weighted by Crippen LogP contribution is 2.34.